The van der Waals surface area contributed by atoms with Crippen LogP contribution in [-0.4, -0.2) is 67.7 Å². The Kier molecular flexibility index (Phi) is 12.5. The van der Waals surface area contributed by atoms with Crippen LogP contribution in [0, 0.1) is 11.8 Å². The fourth-order valence-corrected chi connectivity index (χ4v) is 4.51. The minimum absolute atomic E-state index is 0.258. The van der Waals surface area contributed by atoms with Gasteiger partial charge in [0.15, 0.2) is 0 Å². The van der Waals surface area contributed by atoms with Gasteiger partial charge in [0, 0.05) is 31.8 Å². The number of nitrogens with zero attached hydrogens (tertiary/aromatic N) is 2. The lowest BCUT2D eigenvalue weighted by Gasteiger charge is -2.32. The van der Waals surface area contributed by atoms with Crippen molar-refractivity contribution in [3.05, 3.63) is 24.4 Å². The van der Waals surface area contributed by atoms with Gasteiger partial charge in [0.25, 0.3) is 0 Å². The molecule has 6 nitrogen and oxygen atoms in total. The summed E-state index contributed by atoms with van der Waals surface area (Å²) < 4.78 is 10.5. The van der Waals surface area contributed by atoms with Gasteiger partial charge in [0.2, 0.25) is 0 Å². The zero-order valence-electron chi connectivity index (χ0n) is 20.5. The lowest BCUT2D eigenvalue weighted by atomic mass is 9.87. The van der Waals surface area contributed by atoms with E-state index in [1.165, 1.54) is 64.1 Å². The van der Waals surface area contributed by atoms with Crippen molar-refractivity contribution in [2.45, 2.75) is 77.7 Å². The smallest absolute Gasteiger partial charge is 0.332 e. The number of hydrogen-bond donors (Lipinski definition) is 0. The Morgan fingerprint density at radius 3 is 2.28 bits per heavy atom. The van der Waals surface area contributed by atoms with E-state index in [1.54, 1.807) is 6.08 Å². The van der Waals surface area contributed by atoms with E-state index in [-0.39, 0.29) is 31.1 Å². The predicted octanol–water partition coefficient (Wildman–Crippen LogP) is 4.56. The molecule has 32 heavy (non-hydrogen) atoms. The van der Waals surface area contributed by atoms with Gasteiger partial charge in [-0.3, -0.25) is 4.79 Å². The maximum Gasteiger partial charge on any atom is 0.332 e. The number of likely N-dealkylation sites (tertiary alicyclic amines) is 2. The monoisotopic (exact) mass is 448 g/mol. The molecule has 0 aromatic rings. The molecule has 0 aliphatic carbocycles. The zero-order chi connectivity index (χ0) is 23.2. The summed E-state index contributed by atoms with van der Waals surface area (Å²) in [7, 11) is 2.23. The van der Waals surface area contributed by atoms with Crippen LogP contribution < -0.4 is 0 Å². The molecule has 1 unspecified atom stereocenters. The first-order valence-corrected chi connectivity index (χ1v) is 12.5. The largest absolute Gasteiger partial charge is 0.465 e. The van der Waals surface area contributed by atoms with E-state index in [0.29, 0.717) is 6.42 Å². The van der Waals surface area contributed by atoms with Crippen molar-refractivity contribution >= 4 is 11.9 Å². The summed E-state index contributed by atoms with van der Waals surface area (Å²) in [5.74, 6) is 1.17. The van der Waals surface area contributed by atoms with Gasteiger partial charge in [-0.15, -0.1) is 0 Å². The highest BCUT2D eigenvalue weighted by atomic mass is 16.6. The Bertz CT molecular complexity index is 603. The molecule has 0 bridgehead atoms. The molecular formula is C26H44N2O4. The van der Waals surface area contributed by atoms with E-state index in [1.807, 2.05) is 26.1 Å². The van der Waals surface area contributed by atoms with Crippen molar-refractivity contribution in [1.82, 2.24) is 9.80 Å². The fraction of sp³-hybridized carbons (Fsp3) is 0.769. The van der Waals surface area contributed by atoms with E-state index >= 15 is 0 Å². The van der Waals surface area contributed by atoms with Gasteiger partial charge in [0.05, 0.1) is 13.0 Å². The molecule has 0 spiro atoms. The summed E-state index contributed by atoms with van der Waals surface area (Å²) in [4.78, 5) is 28.2. The number of rotatable bonds is 12. The van der Waals surface area contributed by atoms with Crippen LogP contribution in [0.4, 0.5) is 0 Å². The number of esters is 2. The quantitative estimate of drug-likeness (QED) is 0.248. The van der Waals surface area contributed by atoms with Crippen molar-refractivity contribution in [3.63, 3.8) is 0 Å². The molecule has 0 N–H and O–H groups in total. The zero-order valence-corrected chi connectivity index (χ0v) is 20.5. The standard InChI is InChI=1S/C26H44N2O4/c1-4-5-9-25(29)31-21-15-22(2)32-26(30)14-20-28-18-12-24(13-19-28)8-6-7-23-10-16-27(3)17-11-23/h4-5,14,20,22-24H,6-13,15-19,21H2,1-3H3/b5-4+,20-14+. The van der Waals surface area contributed by atoms with Crippen molar-refractivity contribution in [1.29, 1.82) is 0 Å². The first-order valence-electron chi connectivity index (χ1n) is 12.5. The fourth-order valence-electron chi connectivity index (χ4n) is 4.51. The molecule has 2 heterocycles. The molecule has 2 fully saturated rings. The second-order valence-corrected chi connectivity index (χ2v) is 9.50. The van der Waals surface area contributed by atoms with Crippen LogP contribution in [0.15, 0.2) is 24.4 Å². The highest BCUT2D eigenvalue weighted by Crippen LogP contribution is 2.27. The van der Waals surface area contributed by atoms with E-state index < -0.39 is 0 Å². The Labute approximate surface area is 195 Å². The first-order chi connectivity index (χ1) is 15.5. The van der Waals surface area contributed by atoms with Gasteiger partial charge in [0.1, 0.15) is 6.10 Å². The summed E-state index contributed by atoms with van der Waals surface area (Å²) in [6, 6.07) is 0. The second-order valence-electron chi connectivity index (χ2n) is 9.50. The lowest BCUT2D eigenvalue weighted by molar-refractivity contribution is -0.146. The Balaban J connectivity index is 1.52. The van der Waals surface area contributed by atoms with E-state index in [9.17, 15) is 9.59 Å². The summed E-state index contributed by atoms with van der Waals surface area (Å²) in [5, 5.41) is 0. The van der Waals surface area contributed by atoms with Gasteiger partial charge in [-0.05, 0) is 71.5 Å². The second kappa shape index (κ2) is 15.1. The third kappa shape index (κ3) is 11.2. The van der Waals surface area contributed by atoms with E-state index in [0.717, 1.165) is 24.9 Å². The normalized spacial score (nSPS) is 20.2. The SMILES string of the molecule is C/C=C/CC(=O)OCCC(C)OC(=O)/C=C/N1CCC(CCCC2CCN(C)CC2)CC1. The molecule has 0 aromatic heterocycles. The molecule has 0 aromatic carbocycles. The van der Waals surface area contributed by atoms with Crippen molar-refractivity contribution in [2.75, 3.05) is 39.8 Å². The minimum atomic E-state index is -0.335. The third-order valence-electron chi connectivity index (χ3n) is 6.76. The number of allylic oxidation sites excluding steroid dienone is 1. The van der Waals surface area contributed by atoms with Crippen molar-refractivity contribution < 1.29 is 19.1 Å². The van der Waals surface area contributed by atoms with Crippen LogP contribution in [-0.2, 0) is 19.1 Å². The summed E-state index contributed by atoms with van der Waals surface area (Å²) >= 11 is 0. The van der Waals surface area contributed by atoms with Crippen LogP contribution >= 0.6 is 0 Å². The van der Waals surface area contributed by atoms with Crippen molar-refractivity contribution in [3.8, 4) is 0 Å². The average Bonchev–Trinajstić information content (AvgIpc) is 2.78. The Morgan fingerprint density at radius 1 is 1.03 bits per heavy atom. The molecule has 0 saturated carbocycles. The molecule has 182 valence electrons. The van der Waals surface area contributed by atoms with Gasteiger partial charge in [-0.2, -0.15) is 0 Å². The molecule has 0 radical (unpaired) electrons. The number of piperidine rings is 2. The number of carbonyl (C=O) groups is 2. The predicted molar refractivity (Wildman–Crippen MR) is 128 cm³/mol. The van der Waals surface area contributed by atoms with Crippen molar-refractivity contribution in [2.24, 2.45) is 11.8 Å². The van der Waals surface area contributed by atoms with Crippen LogP contribution in [0.3, 0.4) is 0 Å². The van der Waals surface area contributed by atoms with Gasteiger partial charge < -0.3 is 19.3 Å². The lowest BCUT2D eigenvalue weighted by Crippen LogP contribution is -2.31. The summed E-state index contributed by atoms with van der Waals surface area (Å²) in [5.41, 5.74) is 0. The molecule has 6 heteroatoms. The van der Waals surface area contributed by atoms with Crippen LogP contribution in [0.1, 0.15) is 71.6 Å². The molecule has 2 aliphatic heterocycles. The Hall–Kier alpha value is -1.82. The van der Waals surface area contributed by atoms with Gasteiger partial charge in [-0.25, -0.2) is 4.79 Å². The number of hydrogen-bond acceptors (Lipinski definition) is 6. The summed E-state index contributed by atoms with van der Waals surface area (Å²) in [6.45, 7) is 8.51. The molecular weight excluding hydrogens is 404 g/mol. The van der Waals surface area contributed by atoms with E-state index in [4.69, 9.17) is 9.47 Å². The highest BCUT2D eigenvalue weighted by molar-refractivity contribution is 5.81. The summed E-state index contributed by atoms with van der Waals surface area (Å²) in [6.07, 6.45) is 16.8. The molecule has 1 atom stereocenters. The minimum Gasteiger partial charge on any atom is -0.465 e. The third-order valence-corrected chi connectivity index (χ3v) is 6.76. The van der Waals surface area contributed by atoms with Gasteiger partial charge in [-0.1, -0.05) is 31.4 Å². The Morgan fingerprint density at radius 2 is 1.66 bits per heavy atom. The number of ether oxygens (including phenoxy) is 2. The van der Waals surface area contributed by atoms with Crippen LogP contribution in [0.5, 0.6) is 0 Å². The highest BCUT2D eigenvalue weighted by Gasteiger charge is 2.20. The number of carbonyl (C=O) groups excluding carboxylic acids is 2. The molecule has 2 aliphatic rings. The molecule has 2 saturated heterocycles. The van der Waals surface area contributed by atoms with E-state index in [2.05, 4.69) is 16.8 Å². The van der Waals surface area contributed by atoms with Crippen LogP contribution in [0.2, 0.25) is 0 Å². The molecule has 2 rings (SSSR count). The van der Waals surface area contributed by atoms with Crippen LogP contribution in [0.25, 0.3) is 0 Å². The first kappa shape index (κ1) is 26.4. The van der Waals surface area contributed by atoms with Gasteiger partial charge >= 0.3 is 11.9 Å². The topological polar surface area (TPSA) is 59.1 Å². The maximum atomic E-state index is 12.1. The average molecular weight is 449 g/mol. The maximum absolute atomic E-state index is 12.1. The molecule has 0 amide bonds.